The summed E-state index contributed by atoms with van der Waals surface area (Å²) in [4.78, 5) is 14.2. The first-order valence-corrected chi connectivity index (χ1v) is 7.32. The monoisotopic (exact) mass is 323 g/mol. The van der Waals surface area contributed by atoms with Gasteiger partial charge in [0.05, 0.1) is 16.6 Å². The van der Waals surface area contributed by atoms with E-state index in [-0.39, 0.29) is 18.1 Å². The summed E-state index contributed by atoms with van der Waals surface area (Å²) in [5.74, 6) is -0.353. The smallest absolute Gasteiger partial charge is 0.182 e. The molecule has 1 aliphatic rings. The van der Waals surface area contributed by atoms with Gasteiger partial charge >= 0.3 is 0 Å². The van der Waals surface area contributed by atoms with Gasteiger partial charge in [-0.25, -0.2) is 4.39 Å². The Morgan fingerprint density at radius 2 is 1.95 bits per heavy atom. The average Bonchev–Trinajstić information content (AvgIpc) is 2.84. The summed E-state index contributed by atoms with van der Waals surface area (Å²) in [5, 5.41) is 0.775. The molecule has 108 valence electrons. The molecule has 0 fully saturated rings. The SMILES string of the molecule is O=C(CN1CCc2ccc(F)cc21)c1ccc(Cl)c(Cl)c1. The van der Waals surface area contributed by atoms with E-state index in [0.717, 1.165) is 17.7 Å². The molecule has 0 saturated heterocycles. The van der Waals surface area contributed by atoms with Crippen LogP contribution in [-0.4, -0.2) is 18.9 Å². The lowest BCUT2D eigenvalue weighted by molar-refractivity contribution is 0.0999. The molecule has 0 spiro atoms. The normalized spacial score (nSPS) is 13.4. The van der Waals surface area contributed by atoms with Crippen LogP contribution in [0.4, 0.5) is 10.1 Å². The van der Waals surface area contributed by atoms with Gasteiger partial charge < -0.3 is 4.90 Å². The van der Waals surface area contributed by atoms with Gasteiger partial charge in [0.15, 0.2) is 5.78 Å². The predicted octanol–water partition coefficient (Wildman–Crippen LogP) is 4.38. The quantitative estimate of drug-likeness (QED) is 0.781. The number of rotatable bonds is 3. The van der Waals surface area contributed by atoms with Crippen molar-refractivity contribution in [3.05, 3.63) is 63.4 Å². The van der Waals surface area contributed by atoms with E-state index in [0.29, 0.717) is 22.2 Å². The minimum absolute atomic E-state index is 0.0642. The van der Waals surface area contributed by atoms with Crippen molar-refractivity contribution >= 4 is 34.7 Å². The Morgan fingerprint density at radius 3 is 2.71 bits per heavy atom. The summed E-state index contributed by atoms with van der Waals surface area (Å²) in [6.07, 6.45) is 0.824. The van der Waals surface area contributed by atoms with Crippen molar-refractivity contribution in [2.75, 3.05) is 18.0 Å². The van der Waals surface area contributed by atoms with Crippen molar-refractivity contribution in [2.45, 2.75) is 6.42 Å². The Bertz CT molecular complexity index is 717. The summed E-state index contributed by atoms with van der Waals surface area (Å²) < 4.78 is 13.3. The first kappa shape index (κ1) is 14.4. The molecule has 0 N–H and O–H groups in total. The number of halogens is 3. The van der Waals surface area contributed by atoms with Crippen molar-refractivity contribution in [3.63, 3.8) is 0 Å². The van der Waals surface area contributed by atoms with Crippen molar-refractivity contribution in [1.29, 1.82) is 0 Å². The molecule has 0 amide bonds. The van der Waals surface area contributed by atoms with Crippen molar-refractivity contribution in [2.24, 2.45) is 0 Å². The highest BCUT2D eigenvalue weighted by Crippen LogP contribution is 2.29. The fraction of sp³-hybridized carbons (Fsp3) is 0.188. The fourth-order valence-corrected chi connectivity index (χ4v) is 2.82. The van der Waals surface area contributed by atoms with E-state index in [2.05, 4.69) is 0 Å². The van der Waals surface area contributed by atoms with Crippen LogP contribution < -0.4 is 4.90 Å². The van der Waals surface area contributed by atoms with Crippen LogP contribution in [0.15, 0.2) is 36.4 Å². The molecule has 2 aromatic rings. The van der Waals surface area contributed by atoms with Gasteiger partial charge in [-0.2, -0.15) is 0 Å². The van der Waals surface area contributed by atoms with Gasteiger partial charge in [-0.3, -0.25) is 4.79 Å². The van der Waals surface area contributed by atoms with Crippen LogP contribution in [0.1, 0.15) is 15.9 Å². The number of nitrogens with zero attached hydrogens (tertiary/aromatic N) is 1. The lowest BCUT2D eigenvalue weighted by Crippen LogP contribution is -2.28. The van der Waals surface area contributed by atoms with Gasteiger partial charge in [0.1, 0.15) is 5.82 Å². The molecule has 0 aromatic heterocycles. The number of ketones is 1. The van der Waals surface area contributed by atoms with Crippen LogP contribution in [0.2, 0.25) is 10.0 Å². The number of carbonyl (C=O) groups excluding carboxylic acids is 1. The second kappa shape index (κ2) is 5.66. The van der Waals surface area contributed by atoms with Gasteiger partial charge in [-0.05, 0) is 42.3 Å². The summed E-state index contributed by atoms with van der Waals surface area (Å²) in [7, 11) is 0. The van der Waals surface area contributed by atoms with Crippen molar-refractivity contribution in [1.82, 2.24) is 0 Å². The third-order valence-electron chi connectivity index (χ3n) is 3.62. The Hall–Kier alpha value is -1.58. The molecule has 0 bridgehead atoms. The van der Waals surface area contributed by atoms with E-state index in [9.17, 15) is 9.18 Å². The Labute approximate surface area is 132 Å². The zero-order valence-electron chi connectivity index (χ0n) is 11.1. The molecule has 1 aliphatic heterocycles. The zero-order chi connectivity index (χ0) is 15.0. The number of benzene rings is 2. The number of hydrogen-bond donors (Lipinski definition) is 0. The molecule has 3 rings (SSSR count). The Kier molecular flexibility index (Phi) is 3.87. The summed E-state index contributed by atoms with van der Waals surface area (Å²) in [6, 6.07) is 9.52. The number of carbonyl (C=O) groups is 1. The van der Waals surface area contributed by atoms with E-state index in [1.807, 2.05) is 4.90 Å². The van der Waals surface area contributed by atoms with Crippen LogP contribution in [0.5, 0.6) is 0 Å². The first-order chi connectivity index (χ1) is 10.0. The highest BCUT2D eigenvalue weighted by Gasteiger charge is 2.22. The molecular formula is C16H12Cl2FNO. The van der Waals surface area contributed by atoms with Crippen molar-refractivity contribution in [3.8, 4) is 0 Å². The highest BCUT2D eigenvalue weighted by atomic mass is 35.5. The van der Waals surface area contributed by atoms with Gasteiger partial charge in [0, 0.05) is 17.8 Å². The third-order valence-corrected chi connectivity index (χ3v) is 4.35. The van der Waals surface area contributed by atoms with Crippen LogP contribution in [0.25, 0.3) is 0 Å². The molecule has 21 heavy (non-hydrogen) atoms. The molecule has 1 heterocycles. The molecule has 0 atom stereocenters. The summed E-state index contributed by atoms with van der Waals surface area (Å²) >= 11 is 11.8. The first-order valence-electron chi connectivity index (χ1n) is 6.56. The van der Waals surface area contributed by atoms with Gasteiger partial charge in [-0.15, -0.1) is 0 Å². The third kappa shape index (κ3) is 2.89. The van der Waals surface area contributed by atoms with E-state index < -0.39 is 0 Å². The maximum atomic E-state index is 13.3. The van der Waals surface area contributed by atoms with Gasteiger partial charge in [-0.1, -0.05) is 29.3 Å². The minimum Gasteiger partial charge on any atom is -0.363 e. The lowest BCUT2D eigenvalue weighted by atomic mass is 10.1. The zero-order valence-corrected chi connectivity index (χ0v) is 12.6. The molecule has 0 radical (unpaired) electrons. The Balaban J connectivity index is 1.80. The number of Topliss-reactive ketones (excluding diaryl/α,β-unsaturated/α-hetero) is 1. The highest BCUT2D eigenvalue weighted by molar-refractivity contribution is 6.42. The molecule has 5 heteroatoms. The summed E-state index contributed by atoms with van der Waals surface area (Å²) in [6.45, 7) is 0.917. The summed E-state index contributed by atoms with van der Waals surface area (Å²) in [5.41, 5.74) is 2.37. The lowest BCUT2D eigenvalue weighted by Gasteiger charge is -2.18. The fourth-order valence-electron chi connectivity index (χ4n) is 2.52. The van der Waals surface area contributed by atoms with E-state index in [1.165, 1.54) is 12.1 Å². The van der Waals surface area contributed by atoms with Gasteiger partial charge in [0.2, 0.25) is 0 Å². The molecule has 0 saturated carbocycles. The topological polar surface area (TPSA) is 20.3 Å². The van der Waals surface area contributed by atoms with E-state index in [4.69, 9.17) is 23.2 Å². The molecule has 2 aromatic carbocycles. The van der Waals surface area contributed by atoms with Crippen LogP contribution in [0, 0.1) is 5.82 Å². The molecular weight excluding hydrogens is 312 g/mol. The minimum atomic E-state index is -0.289. The second-order valence-electron chi connectivity index (χ2n) is 5.00. The number of hydrogen-bond acceptors (Lipinski definition) is 2. The van der Waals surface area contributed by atoms with Crippen LogP contribution in [0.3, 0.4) is 0 Å². The molecule has 0 unspecified atom stereocenters. The predicted molar refractivity (Wildman–Crippen MR) is 83.1 cm³/mol. The largest absolute Gasteiger partial charge is 0.363 e. The second-order valence-corrected chi connectivity index (χ2v) is 5.81. The van der Waals surface area contributed by atoms with E-state index >= 15 is 0 Å². The maximum absolute atomic E-state index is 13.3. The van der Waals surface area contributed by atoms with Crippen LogP contribution in [-0.2, 0) is 6.42 Å². The standard InChI is InChI=1S/C16H12Cl2FNO/c17-13-4-2-11(7-14(13)18)16(21)9-20-6-5-10-1-3-12(19)8-15(10)20/h1-4,7-8H,5-6,9H2. The van der Waals surface area contributed by atoms with Crippen molar-refractivity contribution < 1.29 is 9.18 Å². The number of anilines is 1. The number of fused-ring (bicyclic) bond motifs is 1. The Morgan fingerprint density at radius 1 is 1.14 bits per heavy atom. The maximum Gasteiger partial charge on any atom is 0.182 e. The molecule has 2 nitrogen and oxygen atoms in total. The van der Waals surface area contributed by atoms with E-state index in [1.54, 1.807) is 24.3 Å². The molecule has 0 aliphatic carbocycles. The van der Waals surface area contributed by atoms with Gasteiger partial charge in [0.25, 0.3) is 0 Å². The average molecular weight is 324 g/mol. The van der Waals surface area contributed by atoms with Crippen LogP contribution >= 0.6 is 23.2 Å².